The Kier molecular flexibility index (Phi) is 5.83. The topological polar surface area (TPSA) is 134 Å². The van der Waals surface area contributed by atoms with Crippen LogP contribution in [-0.2, 0) is 19.1 Å². The first kappa shape index (κ1) is 16.0. The second kappa shape index (κ2) is 6.92. The lowest BCUT2D eigenvalue weighted by atomic mass is 9.99. The first-order valence-electron chi connectivity index (χ1n) is 5.86. The summed E-state index contributed by atoms with van der Waals surface area (Å²) in [6.07, 6.45) is -7.54. The van der Waals surface area contributed by atoms with Crippen molar-refractivity contribution in [3.05, 3.63) is 0 Å². The Morgan fingerprint density at radius 1 is 1.16 bits per heavy atom. The molecule has 8 heteroatoms. The summed E-state index contributed by atoms with van der Waals surface area (Å²) in [7, 11) is 0. The van der Waals surface area contributed by atoms with Crippen molar-refractivity contribution >= 4 is 11.8 Å². The van der Waals surface area contributed by atoms with Gasteiger partial charge in [0, 0.05) is 6.42 Å². The summed E-state index contributed by atoms with van der Waals surface area (Å²) in [6.45, 7) is 0.719. The van der Waals surface area contributed by atoms with Crippen molar-refractivity contribution in [3.63, 3.8) is 0 Å². The van der Waals surface area contributed by atoms with E-state index in [1.165, 1.54) is 6.92 Å². The number of carbonyl (C=O) groups excluding carboxylic acids is 2. The van der Waals surface area contributed by atoms with Gasteiger partial charge in [-0.2, -0.15) is 0 Å². The summed E-state index contributed by atoms with van der Waals surface area (Å²) < 4.78 is 9.58. The predicted octanol–water partition coefficient (Wildman–Crippen LogP) is -2.30. The Balaban J connectivity index is 2.57. The lowest BCUT2D eigenvalue weighted by Crippen LogP contribution is -2.59. The van der Waals surface area contributed by atoms with Gasteiger partial charge in [0.1, 0.15) is 24.1 Å². The SMILES string of the molecule is CC(=O)CCC(=O)O[C@H]1C(O)O[C@H](CO)[C@@H](O)[C@@H]1O. The van der Waals surface area contributed by atoms with Gasteiger partial charge in [0.05, 0.1) is 13.0 Å². The van der Waals surface area contributed by atoms with E-state index in [9.17, 15) is 24.9 Å². The maximum absolute atomic E-state index is 11.4. The number of ether oxygens (including phenoxy) is 2. The van der Waals surface area contributed by atoms with E-state index in [0.717, 1.165) is 0 Å². The van der Waals surface area contributed by atoms with Crippen LogP contribution in [0.4, 0.5) is 0 Å². The van der Waals surface area contributed by atoms with E-state index in [1.807, 2.05) is 0 Å². The molecule has 1 aliphatic rings. The number of esters is 1. The van der Waals surface area contributed by atoms with E-state index < -0.39 is 43.3 Å². The van der Waals surface area contributed by atoms with Gasteiger partial charge in [0.25, 0.3) is 0 Å². The van der Waals surface area contributed by atoms with E-state index in [1.54, 1.807) is 0 Å². The lowest BCUT2D eigenvalue weighted by Gasteiger charge is -2.39. The van der Waals surface area contributed by atoms with Crippen molar-refractivity contribution in [2.24, 2.45) is 0 Å². The van der Waals surface area contributed by atoms with E-state index in [4.69, 9.17) is 14.6 Å². The van der Waals surface area contributed by atoms with Crippen molar-refractivity contribution in [1.29, 1.82) is 0 Å². The molecule has 1 rings (SSSR count). The van der Waals surface area contributed by atoms with E-state index in [0.29, 0.717) is 0 Å². The number of rotatable bonds is 5. The Morgan fingerprint density at radius 3 is 2.32 bits per heavy atom. The summed E-state index contributed by atoms with van der Waals surface area (Å²) in [5, 5.41) is 37.6. The smallest absolute Gasteiger partial charge is 0.306 e. The van der Waals surface area contributed by atoms with Crippen molar-refractivity contribution in [1.82, 2.24) is 0 Å². The largest absolute Gasteiger partial charge is 0.454 e. The second-order valence-electron chi connectivity index (χ2n) is 4.39. The molecule has 19 heavy (non-hydrogen) atoms. The first-order valence-corrected chi connectivity index (χ1v) is 5.86. The molecule has 0 radical (unpaired) electrons. The van der Waals surface area contributed by atoms with Crippen LogP contribution in [0, 0.1) is 0 Å². The normalized spacial score (nSPS) is 34.9. The molecule has 0 saturated carbocycles. The molecule has 0 amide bonds. The van der Waals surface area contributed by atoms with Crippen LogP contribution in [0.3, 0.4) is 0 Å². The van der Waals surface area contributed by atoms with E-state index in [-0.39, 0.29) is 18.6 Å². The maximum Gasteiger partial charge on any atom is 0.306 e. The van der Waals surface area contributed by atoms with Gasteiger partial charge < -0.3 is 34.7 Å². The van der Waals surface area contributed by atoms with Gasteiger partial charge in [0.2, 0.25) is 0 Å². The van der Waals surface area contributed by atoms with E-state index in [2.05, 4.69) is 0 Å². The van der Waals surface area contributed by atoms with Crippen LogP contribution in [0.5, 0.6) is 0 Å². The Morgan fingerprint density at radius 2 is 1.79 bits per heavy atom. The van der Waals surface area contributed by atoms with Gasteiger partial charge >= 0.3 is 5.97 Å². The molecule has 5 atom stereocenters. The molecule has 0 aromatic rings. The highest BCUT2D eigenvalue weighted by Crippen LogP contribution is 2.22. The van der Waals surface area contributed by atoms with Crippen LogP contribution in [0.2, 0.25) is 0 Å². The predicted molar refractivity (Wildman–Crippen MR) is 59.8 cm³/mol. The van der Waals surface area contributed by atoms with Crippen molar-refractivity contribution in [2.75, 3.05) is 6.61 Å². The molecular formula is C11H18O8. The molecule has 4 N–H and O–H groups in total. The van der Waals surface area contributed by atoms with Gasteiger partial charge in [-0.25, -0.2) is 0 Å². The number of hydrogen-bond donors (Lipinski definition) is 4. The minimum atomic E-state index is -1.66. The van der Waals surface area contributed by atoms with Crippen LogP contribution in [0.1, 0.15) is 19.8 Å². The average molecular weight is 278 g/mol. The molecule has 0 bridgehead atoms. The van der Waals surface area contributed by atoms with Gasteiger partial charge in [-0.1, -0.05) is 0 Å². The number of hydrogen-bond acceptors (Lipinski definition) is 8. The third-order valence-electron chi connectivity index (χ3n) is 2.79. The summed E-state index contributed by atoms with van der Waals surface area (Å²) in [4.78, 5) is 22.1. The highest BCUT2D eigenvalue weighted by molar-refractivity contribution is 5.81. The minimum Gasteiger partial charge on any atom is -0.454 e. The molecule has 0 aromatic carbocycles. The summed E-state index contributed by atoms with van der Waals surface area (Å²) in [5.74, 6) is -0.991. The zero-order valence-electron chi connectivity index (χ0n) is 10.4. The lowest BCUT2D eigenvalue weighted by molar-refractivity contribution is -0.290. The van der Waals surface area contributed by atoms with Gasteiger partial charge in [-0.15, -0.1) is 0 Å². The van der Waals surface area contributed by atoms with Gasteiger partial charge in [-0.05, 0) is 6.92 Å². The third-order valence-corrected chi connectivity index (χ3v) is 2.79. The quantitative estimate of drug-likeness (QED) is 0.412. The monoisotopic (exact) mass is 278 g/mol. The fourth-order valence-corrected chi connectivity index (χ4v) is 1.69. The summed E-state index contributed by atoms with van der Waals surface area (Å²) in [6, 6.07) is 0. The average Bonchev–Trinajstić information content (AvgIpc) is 2.36. The van der Waals surface area contributed by atoms with Crippen molar-refractivity contribution in [2.45, 2.75) is 50.5 Å². The summed E-state index contributed by atoms with van der Waals surface area (Å²) >= 11 is 0. The van der Waals surface area contributed by atoms with Crippen LogP contribution in [0.25, 0.3) is 0 Å². The molecular weight excluding hydrogens is 260 g/mol. The van der Waals surface area contributed by atoms with Crippen LogP contribution in [0.15, 0.2) is 0 Å². The standard InChI is InChI=1S/C11H18O8/c1-5(13)2-3-7(14)19-10-9(16)8(15)6(4-12)18-11(10)17/h6,8-12,15-17H,2-4H2,1H3/t6-,8-,9+,10-,11?/m1/s1. The second-order valence-corrected chi connectivity index (χ2v) is 4.39. The number of Topliss-reactive ketones (excluding diaryl/α,β-unsaturated/α-hetero) is 1. The molecule has 1 aliphatic heterocycles. The van der Waals surface area contributed by atoms with Crippen LogP contribution in [-0.4, -0.2) is 69.5 Å². The van der Waals surface area contributed by atoms with E-state index >= 15 is 0 Å². The number of aliphatic hydroxyl groups is 4. The van der Waals surface area contributed by atoms with Gasteiger partial charge in [0.15, 0.2) is 12.4 Å². The molecule has 1 heterocycles. The summed E-state index contributed by atoms with van der Waals surface area (Å²) in [5.41, 5.74) is 0. The van der Waals surface area contributed by atoms with Crippen molar-refractivity contribution < 1.29 is 39.5 Å². The fraction of sp³-hybridized carbons (Fsp3) is 0.818. The molecule has 1 saturated heterocycles. The number of ketones is 1. The number of carbonyl (C=O) groups is 2. The van der Waals surface area contributed by atoms with Crippen LogP contribution < -0.4 is 0 Å². The molecule has 0 aromatic heterocycles. The highest BCUT2D eigenvalue weighted by Gasteiger charge is 2.45. The van der Waals surface area contributed by atoms with Gasteiger partial charge in [-0.3, -0.25) is 4.79 Å². The van der Waals surface area contributed by atoms with Crippen molar-refractivity contribution in [3.8, 4) is 0 Å². The molecule has 1 unspecified atom stereocenters. The number of aliphatic hydroxyl groups excluding tert-OH is 4. The molecule has 0 spiro atoms. The Hall–Kier alpha value is -1.06. The van der Waals surface area contributed by atoms with Crippen LogP contribution >= 0.6 is 0 Å². The Labute approximate surface area is 109 Å². The minimum absolute atomic E-state index is 0.0135. The molecule has 1 fully saturated rings. The zero-order valence-corrected chi connectivity index (χ0v) is 10.4. The maximum atomic E-state index is 11.4. The highest BCUT2D eigenvalue weighted by atomic mass is 16.7. The third kappa shape index (κ3) is 4.22. The zero-order chi connectivity index (χ0) is 14.6. The molecule has 8 nitrogen and oxygen atoms in total. The fourth-order valence-electron chi connectivity index (χ4n) is 1.69. The molecule has 0 aliphatic carbocycles. The molecule has 110 valence electrons. The Bertz CT molecular complexity index is 331. The first-order chi connectivity index (χ1) is 8.86.